The maximum atomic E-state index is 4.04. The van der Waals surface area contributed by atoms with Gasteiger partial charge in [-0.2, -0.15) is 0 Å². The fraction of sp³-hybridized carbons (Fsp3) is 0.455. The normalized spacial score (nSPS) is 30.5. The van der Waals surface area contributed by atoms with Crippen molar-refractivity contribution in [1.82, 2.24) is 0 Å². The Morgan fingerprint density at radius 3 is 2.64 bits per heavy atom. The van der Waals surface area contributed by atoms with Gasteiger partial charge >= 0.3 is 0 Å². The maximum Gasteiger partial charge on any atom is 0.000878 e. The van der Waals surface area contributed by atoms with E-state index in [1.54, 1.807) is 0 Å². The minimum absolute atomic E-state index is 0.540. The highest BCUT2D eigenvalue weighted by atomic mass is 14.2. The van der Waals surface area contributed by atoms with Gasteiger partial charge in [0.05, 0.1) is 0 Å². The van der Waals surface area contributed by atoms with Gasteiger partial charge in [0.1, 0.15) is 0 Å². The van der Waals surface area contributed by atoms with Crippen LogP contribution in [-0.2, 0) is 0 Å². The molecule has 1 aliphatic rings. The molecule has 0 spiro atoms. The van der Waals surface area contributed by atoms with Crippen LogP contribution in [-0.4, -0.2) is 0 Å². The van der Waals surface area contributed by atoms with Crippen molar-refractivity contribution in [2.45, 2.75) is 20.3 Å². The third-order valence-corrected chi connectivity index (χ3v) is 2.39. The molecular formula is C11H16. The van der Waals surface area contributed by atoms with Gasteiger partial charge in [0.15, 0.2) is 0 Å². The lowest BCUT2D eigenvalue weighted by Gasteiger charge is -2.22. The Bertz CT molecular complexity index is 208. The van der Waals surface area contributed by atoms with Crippen LogP contribution in [0.3, 0.4) is 0 Å². The SMILES string of the molecule is C=C1CC(C(=C)C)C=CC1C. The fourth-order valence-corrected chi connectivity index (χ4v) is 1.31. The van der Waals surface area contributed by atoms with Crippen LogP contribution in [0.15, 0.2) is 36.5 Å². The van der Waals surface area contributed by atoms with E-state index in [9.17, 15) is 0 Å². The topological polar surface area (TPSA) is 0 Å². The van der Waals surface area contributed by atoms with E-state index < -0.39 is 0 Å². The lowest BCUT2D eigenvalue weighted by molar-refractivity contribution is 0.646. The van der Waals surface area contributed by atoms with Gasteiger partial charge in [0, 0.05) is 5.92 Å². The van der Waals surface area contributed by atoms with Crippen LogP contribution in [0.1, 0.15) is 20.3 Å². The minimum Gasteiger partial charge on any atom is -0.0995 e. The molecule has 0 aliphatic heterocycles. The van der Waals surface area contributed by atoms with E-state index in [1.165, 1.54) is 11.1 Å². The summed E-state index contributed by atoms with van der Waals surface area (Å²) >= 11 is 0. The molecule has 0 heteroatoms. The summed E-state index contributed by atoms with van der Waals surface area (Å²) in [6.07, 6.45) is 5.57. The Balaban J connectivity index is 2.71. The van der Waals surface area contributed by atoms with Crippen LogP contribution < -0.4 is 0 Å². The Morgan fingerprint density at radius 1 is 1.55 bits per heavy atom. The highest BCUT2D eigenvalue weighted by Gasteiger charge is 2.15. The van der Waals surface area contributed by atoms with Crippen LogP contribution in [0, 0.1) is 11.8 Å². The molecule has 0 radical (unpaired) electrons. The van der Waals surface area contributed by atoms with Crippen LogP contribution in [0.25, 0.3) is 0 Å². The molecule has 0 amide bonds. The van der Waals surface area contributed by atoms with Crippen molar-refractivity contribution in [3.8, 4) is 0 Å². The molecule has 0 heterocycles. The van der Waals surface area contributed by atoms with E-state index in [1.807, 2.05) is 0 Å². The molecule has 0 nitrogen and oxygen atoms in total. The molecule has 0 saturated carbocycles. The van der Waals surface area contributed by atoms with Crippen molar-refractivity contribution in [2.24, 2.45) is 11.8 Å². The Hall–Kier alpha value is -0.780. The third-order valence-electron chi connectivity index (χ3n) is 2.39. The van der Waals surface area contributed by atoms with E-state index in [-0.39, 0.29) is 0 Å². The average molecular weight is 148 g/mol. The summed E-state index contributed by atoms with van der Waals surface area (Å²) in [5, 5.41) is 0. The summed E-state index contributed by atoms with van der Waals surface area (Å²) in [5.41, 5.74) is 2.58. The lowest BCUT2D eigenvalue weighted by Crippen LogP contribution is -2.09. The van der Waals surface area contributed by atoms with Gasteiger partial charge in [0.25, 0.3) is 0 Å². The predicted octanol–water partition coefficient (Wildman–Crippen LogP) is 3.33. The van der Waals surface area contributed by atoms with Crippen molar-refractivity contribution in [3.63, 3.8) is 0 Å². The van der Waals surface area contributed by atoms with Crippen molar-refractivity contribution in [3.05, 3.63) is 36.5 Å². The van der Waals surface area contributed by atoms with Crippen molar-refractivity contribution in [2.75, 3.05) is 0 Å². The molecule has 0 aromatic heterocycles. The monoisotopic (exact) mass is 148 g/mol. The van der Waals surface area contributed by atoms with Crippen molar-refractivity contribution in [1.29, 1.82) is 0 Å². The molecule has 0 aromatic rings. The van der Waals surface area contributed by atoms with Gasteiger partial charge in [-0.15, -0.1) is 0 Å². The Labute approximate surface area is 69.3 Å². The number of hydrogen-bond acceptors (Lipinski definition) is 0. The first-order valence-electron chi connectivity index (χ1n) is 4.12. The molecule has 0 fully saturated rings. The second-order valence-electron chi connectivity index (χ2n) is 3.49. The van der Waals surface area contributed by atoms with Gasteiger partial charge in [-0.25, -0.2) is 0 Å². The zero-order chi connectivity index (χ0) is 8.43. The second kappa shape index (κ2) is 3.08. The smallest absolute Gasteiger partial charge is 0.000878 e. The molecule has 0 N–H and O–H groups in total. The average Bonchev–Trinajstić information content (AvgIpc) is 1.94. The lowest BCUT2D eigenvalue weighted by atomic mass is 9.83. The van der Waals surface area contributed by atoms with Crippen LogP contribution in [0.2, 0.25) is 0 Å². The molecule has 0 saturated heterocycles. The van der Waals surface area contributed by atoms with E-state index in [4.69, 9.17) is 0 Å². The first kappa shape index (κ1) is 8.32. The summed E-state index contributed by atoms with van der Waals surface area (Å²) in [7, 11) is 0. The summed E-state index contributed by atoms with van der Waals surface area (Å²) < 4.78 is 0. The molecule has 2 unspecified atom stereocenters. The molecule has 0 bridgehead atoms. The summed E-state index contributed by atoms with van der Waals surface area (Å²) in [6, 6.07) is 0. The number of allylic oxidation sites excluding steroid dienone is 4. The van der Waals surface area contributed by atoms with Crippen LogP contribution >= 0.6 is 0 Å². The zero-order valence-corrected chi connectivity index (χ0v) is 7.43. The first-order valence-corrected chi connectivity index (χ1v) is 4.12. The van der Waals surface area contributed by atoms with E-state index in [2.05, 4.69) is 39.2 Å². The molecule has 1 rings (SSSR count). The van der Waals surface area contributed by atoms with Gasteiger partial charge in [-0.3, -0.25) is 0 Å². The fourth-order valence-electron chi connectivity index (χ4n) is 1.31. The Morgan fingerprint density at radius 2 is 2.18 bits per heavy atom. The maximum absolute atomic E-state index is 4.04. The van der Waals surface area contributed by atoms with Crippen molar-refractivity contribution >= 4 is 0 Å². The number of rotatable bonds is 1. The van der Waals surface area contributed by atoms with Crippen LogP contribution in [0.5, 0.6) is 0 Å². The molecule has 11 heavy (non-hydrogen) atoms. The number of hydrogen-bond donors (Lipinski definition) is 0. The van der Waals surface area contributed by atoms with E-state index in [0.717, 1.165) is 6.42 Å². The molecule has 60 valence electrons. The van der Waals surface area contributed by atoms with E-state index in [0.29, 0.717) is 11.8 Å². The second-order valence-corrected chi connectivity index (χ2v) is 3.49. The molecular weight excluding hydrogens is 132 g/mol. The third kappa shape index (κ3) is 1.83. The quantitative estimate of drug-likeness (QED) is 0.500. The highest BCUT2D eigenvalue weighted by Crippen LogP contribution is 2.29. The molecule has 0 aromatic carbocycles. The molecule has 1 aliphatic carbocycles. The Kier molecular flexibility index (Phi) is 2.33. The van der Waals surface area contributed by atoms with Crippen LogP contribution in [0.4, 0.5) is 0 Å². The first-order chi connectivity index (χ1) is 5.11. The largest absolute Gasteiger partial charge is 0.0995 e. The summed E-state index contributed by atoms with van der Waals surface area (Å²) in [6.45, 7) is 12.3. The summed E-state index contributed by atoms with van der Waals surface area (Å²) in [5.74, 6) is 1.10. The molecule has 2 atom stereocenters. The van der Waals surface area contributed by atoms with Gasteiger partial charge in [-0.1, -0.05) is 43.4 Å². The van der Waals surface area contributed by atoms with Gasteiger partial charge < -0.3 is 0 Å². The standard InChI is InChI=1S/C11H16/c1-8(2)11-6-5-9(3)10(4)7-11/h5-6,9,11H,1,4,7H2,2-3H3. The van der Waals surface area contributed by atoms with Gasteiger partial charge in [0.2, 0.25) is 0 Å². The van der Waals surface area contributed by atoms with Crippen molar-refractivity contribution < 1.29 is 0 Å². The predicted molar refractivity (Wildman–Crippen MR) is 50.4 cm³/mol. The summed E-state index contributed by atoms with van der Waals surface area (Å²) in [4.78, 5) is 0. The van der Waals surface area contributed by atoms with E-state index >= 15 is 0 Å². The zero-order valence-electron chi connectivity index (χ0n) is 7.43. The minimum atomic E-state index is 0.540. The van der Waals surface area contributed by atoms with Gasteiger partial charge in [-0.05, 0) is 19.3 Å². The highest BCUT2D eigenvalue weighted by molar-refractivity contribution is 5.22.